The van der Waals surface area contributed by atoms with Crippen LogP contribution in [0.3, 0.4) is 0 Å². The summed E-state index contributed by atoms with van der Waals surface area (Å²) in [6, 6.07) is 17.9. The lowest BCUT2D eigenvalue weighted by molar-refractivity contribution is 0.519. The normalized spacial score (nSPS) is 21.1. The average Bonchev–Trinajstić information content (AvgIpc) is 3.51. The molecule has 0 saturated heterocycles. The monoisotopic (exact) mass is 534 g/mol. The topological polar surface area (TPSA) is 106 Å². The van der Waals surface area contributed by atoms with Gasteiger partial charge in [0.05, 0.1) is 10.5 Å². The van der Waals surface area contributed by atoms with Gasteiger partial charge in [-0.2, -0.15) is 0 Å². The Hall–Kier alpha value is -1.74. The van der Waals surface area contributed by atoms with E-state index in [2.05, 4.69) is 58.4 Å². The molecule has 1 unspecified atom stereocenters. The molecule has 2 atom stereocenters. The molecule has 0 spiro atoms. The van der Waals surface area contributed by atoms with Gasteiger partial charge >= 0.3 is 0 Å². The first-order valence-electron chi connectivity index (χ1n) is 13.1. The number of hydrogen-bond acceptors (Lipinski definition) is 4. The molecule has 2 aromatic rings. The fourth-order valence-corrected chi connectivity index (χ4v) is 5.95. The third-order valence-corrected chi connectivity index (χ3v) is 10.7. The number of nitrogens with one attached hydrogen (secondary N) is 1. The van der Waals surface area contributed by atoms with Crippen molar-refractivity contribution in [2.45, 2.75) is 101 Å². The minimum atomic E-state index is -3.24. The van der Waals surface area contributed by atoms with E-state index in [0.29, 0.717) is 0 Å². The molecule has 0 radical (unpaired) electrons. The van der Waals surface area contributed by atoms with Gasteiger partial charge in [0.1, 0.15) is 0 Å². The van der Waals surface area contributed by atoms with Crippen molar-refractivity contribution < 1.29 is 16.8 Å². The van der Waals surface area contributed by atoms with E-state index >= 15 is 0 Å². The van der Waals surface area contributed by atoms with Crippen LogP contribution in [0.1, 0.15) is 95.6 Å². The Labute approximate surface area is 218 Å². The van der Waals surface area contributed by atoms with Gasteiger partial charge in [-0.3, -0.25) is 0 Å². The summed E-state index contributed by atoms with van der Waals surface area (Å²) in [5.41, 5.74) is 5.20. The molecule has 3 N–H and O–H groups in total. The van der Waals surface area contributed by atoms with E-state index in [-0.39, 0.29) is 12.0 Å². The van der Waals surface area contributed by atoms with Crippen molar-refractivity contribution in [2.75, 3.05) is 0 Å². The lowest BCUT2D eigenvalue weighted by atomic mass is 9.92. The Morgan fingerprint density at radius 1 is 0.694 bits per heavy atom. The van der Waals surface area contributed by atoms with Crippen molar-refractivity contribution in [1.82, 2.24) is 4.72 Å². The maximum Gasteiger partial charge on any atom is 0.214 e. The largest absolute Gasteiger partial charge is 0.229 e. The summed E-state index contributed by atoms with van der Waals surface area (Å²) >= 11 is 0. The summed E-state index contributed by atoms with van der Waals surface area (Å²) in [7, 11) is -6.48. The first-order valence-corrected chi connectivity index (χ1v) is 16.3. The second-order valence-electron chi connectivity index (χ2n) is 10.7. The van der Waals surface area contributed by atoms with Crippen LogP contribution in [0.4, 0.5) is 0 Å². The smallest absolute Gasteiger partial charge is 0.214 e. The maximum absolute atomic E-state index is 12.3. The number of hydrogen-bond donors (Lipinski definition) is 2. The number of primary sulfonamides is 1. The van der Waals surface area contributed by atoms with Gasteiger partial charge in [-0.05, 0) is 81.5 Å². The summed E-state index contributed by atoms with van der Waals surface area (Å²) in [5, 5.41) is 3.81. The van der Waals surface area contributed by atoms with Gasteiger partial charge < -0.3 is 0 Å². The van der Waals surface area contributed by atoms with Gasteiger partial charge in [-0.1, -0.05) is 67.8 Å². The molecule has 2 aromatic carbocycles. The molecule has 4 rings (SSSR count). The molecule has 0 aromatic heterocycles. The van der Waals surface area contributed by atoms with Gasteiger partial charge in [0, 0.05) is 12.0 Å². The van der Waals surface area contributed by atoms with Crippen molar-refractivity contribution in [2.24, 2.45) is 5.14 Å². The molecule has 2 saturated carbocycles. The van der Waals surface area contributed by atoms with Gasteiger partial charge in [-0.25, -0.2) is 26.7 Å². The number of rotatable bonds is 7. The molecular formula is C28H42N2O4S2. The van der Waals surface area contributed by atoms with Crippen molar-refractivity contribution in [3.05, 3.63) is 59.7 Å². The molecule has 2 aliphatic carbocycles. The predicted octanol–water partition coefficient (Wildman–Crippen LogP) is 5.66. The summed E-state index contributed by atoms with van der Waals surface area (Å²) in [5.74, 6) is 1.02. The first kappa shape index (κ1) is 28.8. The number of nitrogens with two attached hydrogens (primary N) is 1. The average molecular weight is 535 g/mol. The fraction of sp³-hybridized carbons (Fsp3) is 0.571. The molecule has 0 heterocycles. The summed E-state index contributed by atoms with van der Waals surface area (Å²) < 4.78 is 47.8. The second kappa shape index (κ2) is 12.2. The zero-order valence-electron chi connectivity index (χ0n) is 22.0. The van der Waals surface area contributed by atoms with E-state index in [1.807, 2.05) is 0 Å². The molecule has 0 bridgehead atoms. The molecule has 200 valence electrons. The second-order valence-corrected chi connectivity index (χ2v) is 15.1. The highest BCUT2D eigenvalue weighted by atomic mass is 32.2. The van der Waals surface area contributed by atoms with E-state index in [0.717, 1.165) is 25.2 Å². The van der Waals surface area contributed by atoms with Crippen LogP contribution in [-0.2, 0) is 20.0 Å². The molecule has 36 heavy (non-hydrogen) atoms. The van der Waals surface area contributed by atoms with Crippen LogP contribution >= 0.6 is 0 Å². The van der Waals surface area contributed by atoms with E-state index in [1.54, 1.807) is 13.8 Å². The van der Waals surface area contributed by atoms with Crippen LogP contribution in [0.25, 0.3) is 11.1 Å². The predicted molar refractivity (Wildman–Crippen MR) is 149 cm³/mol. The van der Waals surface area contributed by atoms with Crippen LogP contribution in [0.5, 0.6) is 0 Å². The van der Waals surface area contributed by atoms with Crippen LogP contribution in [0.15, 0.2) is 48.5 Å². The molecule has 2 aliphatic rings. The number of benzene rings is 2. The van der Waals surface area contributed by atoms with Crippen molar-refractivity contribution in [3.63, 3.8) is 0 Å². The van der Waals surface area contributed by atoms with Crippen molar-refractivity contribution >= 4 is 20.0 Å². The van der Waals surface area contributed by atoms with Gasteiger partial charge in [0.25, 0.3) is 0 Å². The molecule has 0 amide bonds. The summed E-state index contributed by atoms with van der Waals surface area (Å²) in [6.07, 6.45) is 8.42. The Balaban J connectivity index is 0.000000454. The van der Waals surface area contributed by atoms with E-state index < -0.39 is 30.5 Å². The molecule has 6 nitrogen and oxygen atoms in total. The molecule has 2 fully saturated rings. The SMILES string of the molecule is CC(C)S(=O)(=O)N[C@H]1CCCC1c1ccc(-c2ccc(C3CCCC3)cc2)cc1.CC(C)S(N)(=O)=O. The van der Waals surface area contributed by atoms with Crippen LogP contribution in [0, 0.1) is 0 Å². The van der Waals surface area contributed by atoms with Crippen LogP contribution < -0.4 is 9.86 Å². The van der Waals surface area contributed by atoms with Crippen molar-refractivity contribution in [1.29, 1.82) is 0 Å². The minimum absolute atomic E-state index is 0.0129. The quantitative estimate of drug-likeness (QED) is 0.478. The highest BCUT2D eigenvalue weighted by Crippen LogP contribution is 2.37. The number of sulfonamides is 2. The zero-order chi connectivity index (χ0) is 26.5. The summed E-state index contributed by atoms with van der Waals surface area (Å²) in [6.45, 7) is 6.54. The summed E-state index contributed by atoms with van der Waals surface area (Å²) in [4.78, 5) is 0. The highest BCUT2D eigenvalue weighted by Gasteiger charge is 2.32. The van der Waals surface area contributed by atoms with E-state index in [4.69, 9.17) is 0 Å². The fourth-order valence-electron chi connectivity index (χ4n) is 4.98. The van der Waals surface area contributed by atoms with E-state index in [9.17, 15) is 16.8 Å². The lowest BCUT2D eigenvalue weighted by Gasteiger charge is -2.23. The van der Waals surface area contributed by atoms with Gasteiger partial charge in [0.2, 0.25) is 20.0 Å². The minimum Gasteiger partial charge on any atom is -0.229 e. The Morgan fingerprint density at radius 2 is 1.17 bits per heavy atom. The molecule has 0 aliphatic heterocycles. The highest BCUT2D eigenvalue weighted by molar-refractivity contribution is 7.90. The molecular weight excluding hydrogens is 492 g/mol. The van der Waals surface area contributed by atoms with Gasteiger partial charge in [0.15, 0.2) is 0 Å². The van der Waals surface area contributed by atoms with Crippen molar-refractivity contribution in [3.8, 4) is 11.1 Å². The Morgan fingerprint density at radius 3 is 1.61 bits per heavy atom. The zero-order valence-corrected chi connectivity index (χ0v) is 23.6. The third-order valence-electron chi connectivity index (χ3n) is 7.52. The standard InChI is InChI=1S/C25H33NO2S.C3H9NO2S/c1-18(2)29(27,28)26-25-9-5-8-24(25)23-16-14-22(15-17-23)21-12-10-20(11-13-21)19-6-3-4-7-19;1-3(2)7(4,5)6/h10-19,24-26H,3-9H2,1-2H3;3H,1-2H3,(H2,4,5,6)/t24?,25-;/m0./s1. The van der Waals surface area contributed by atoms with Crippen LogP contribution in [-0.4, -0.2) is 33.4 Å². The van der Waals surface area contributed by atoms with E-state index in [1.165, 1.54) is 61.8 Å². The lowest BCUT2D eigenvalue weighted by Crippen LogP contribution is -2.40. The Bertz CT molecular complexity index is 1180. The first-order chi connectivity index (χ1) is 16.9. The maximum atomic E-state index is 12.3. The Kier molecular flexibility index (Phi) is 9.77. The molecule has 8 heteroatoms. The van der Waals surface area contributed by atoms with Crippen LogP contribution in [0.2, 0.25) is 0 Å². The third kappa shape index (κ3) is 7.63. The van der Waals surface area contributed by atoms with Gasteiger partial charge in [-0.15, -0.1) is 0 Å².